The molecule has 2 rings (SSSR count). The fourth-order valence-corrected chi connectivity index (χ4v) is 1.97. The molecule has 2 heterocycles. The molecule has 82 valence electrons. The van der Waals surface area contributed by atoms with Gasteiger partial charge in [-0.2, -0.15) is 0 Å². The minimum absolute atomic E-state index is 0.193. The van der Waals surface area contributed by atoms with Crippen molar-refractivity contribution in [2.24, 2.45) is 0 Å². The van der Waals surface area contributed by atoms with Gasteiger partial charge in [-0.05, 0) is 24.8 Å². The van der Waals surface area contributed by atoms with Gasteiger partial charge in [0.1, 0.15) is 0 Å². The lowest BCUT2D eigenvalue weighted by Crippen LogP contribution is -2.33. The topological polar surface area (TPSA) is 49.2 Å². The molecular weight excluding hydrogens is 190 g/mol. The molecule has 1 N–H and O–H groups in total. The number of hydrogen-bond donors (Lipinski definition) is 1. The number of hydrogen-bond acceptors (Lipinski definition) is 4. The molecule has 1 aliphatic rings. The van der Waals surface area contributed by atoms with Gasteiger partial charge in [-0.25, -0.2) is 9.97 Å². The van der Waals surface area contributed by atoms with Crippen molar-refractivity contribution in [2.45, 2.75) is 32.2 Å². The highest BCUT2D eigenvalue weighted by Gasteiger charge is 2.25. The SMILES string of the molecule is CCc1cnc(N2CCC[C@H]2CO)nc1. The molecular formula is C11H17N3O. The molecule has 0 bridgehead atoms. The standard InChI is InChI=1S/C11H17N3O/c1-2-9-6-12-11(13-7-9)14-5-3-4-10(14)8-15/h6-7,10,15H,2-5,8H2,1H3/t10-/m0/s1. The van der Waals surface area contributed by atoms with Gasteiger partial charge in [-0.1, -0.05) is 6.92 Å². The quantitative estimate of drug-likeness (QED) is 0.803. The molecule has 0 saturated carbocycles. The second-order valence-electron chi connectivity index (χ2n) is 3.92. The zero-order valence-electron chi connectivity index (χ0n) is 9.06. The molecule has 1 aromatic heterocycles. The Morgan fingerprint density at radius 2 is 2.20 bits per heavy atom. The maximum Gasteiger partial charge on any atom is 0.225 e. The number of aromatic nitrogens is 2. The predicted molar refractivity (Wildman–Crippen MR) is 58.9 cm³/mol. The molecule has 4 heteroatoms. The fraction of sp³-hybridized carbons (Fsp3) is 0.636. The van der Waals surface area contributed by atoms with Gasteiger partial charge >= 0.3 is 0 Å². The van der Waals surface area contributed by atoms with Crippen LogP contribution in [0.4, 0.5) is 5.95 Å². The third kappa shape index (κ3) is 2.09. The normalized spacial score (nSPS) is 20.9. The van der Waals surface area contributed by atoms with E-state index < -0.39 is 0 Å². The monoisotopic (exact) mass is 207 g/mol. The van der Waals surface area contributed by atoms with E-state index >= 15 is 0 Å². The van der Waals surface area contributed by atoms with Crippen LogP contribution in [-0.4, -0.2) is 34.3 Å². The maximum absolute atomic E-state index is 9.20. The van der Waals surface area contributed by atoms with Gasteiger partial charge < -0.3 is 10.0 Å². The van der Waals surface area contributed by atoms with Crippen LogP contribution in [0.25, 0.3) is 0 Å². The van der Waals surface area contributed by atoms with Crippen LogP contribution in [0.5, 0.6) is 0 Å². The van der Waals surface area contributed by atoms with Crippen molar-refractivity contribution in [2.75, 3.05) is 18.1 Å². The van der Waals surface area contributed by atoms with Crippen molar-refractivity contribution < 1.29 is 5.11 Å². The number of rotatable bonds is 3. The van der Waals surface area contributed by atoms with E-state index in [-0.39, 0.29) is 12.6 Å². The number of aliphatic hydroxyl groups excluding tert-OH is 1. The molecule has 1 aliphatic heterocycles. The smallest absolute Gasteiger partial charge is 0.225 e. The van der Waals surface area contributed by atoms with Crippen LogP contribution < -0.4 is 4.90 Å². The van der Waals surface area contributed by atoms with E-state index in [9.17, 15) is 5.11 Å². The summed E-state index contributed by atoms with van der Waals surface area (Å²) in [5.74, 6) is 0.753. The minimum atomic E-state index is 0.193. The first-order valence-corrected chi connectivity index (χ1v) is 5.53. The van der Waals surface area contributed by atoms with Crippen LogP contribution >= 0.6 is 0 Å². The molecule has 0 amide bonds. The van der Waals surface area contributed by atoms with Crippen LogP contribution in [0.15, 0.2) is 12.4 Å². The van der Waals surface area contributed by atoms with Gasteiger partial charge in [0.15, 0.2) is 0 Å². The Balaban J connectivity index is 2.14. The van der Waals surface area contributed by atoms with Gasteiger partial charge in [-0.3, -0.25) is 0 Å². The van der Waals surface area contributed by atoms with Crippen LogP contribution in [-0.2, 0) is 6.42 Å². The summed E-state index contributed by atoms with van der Waals surface area (Å²) in [4.78, 5) is 10.8. The van der Waals surface area contributed by atoms with Crippen LogP contribution in [0, 0.1) is 0 Å². The van der Waals surface area contributed by atoms with Crippen LogP contribution in [0.2, 0.25) is 0 Å². The van der Waals surface area contributed by atoms with E-state index in [0.717, 1.165) is 37.3 Å². The van der Waals surface area contributed by atoms with E-state index in [4.69, 9.17) is 0 Å². The molecule has 1 aromatic rings. The van der Waals surface area contributed by atoms with Crippen molar-refractivity contribution in [3.8, 4) is 0 Å². The predicted octanol–water partition coefficient (Wildman–Crippen LogP) is 1.00. The average Bonchev–Trinajstić information content (AvgIpc) is 2.77. The highest BCUT2D eigenvalue weighted by Crippen LogP contribution is 2.21. The molecule has 1 atom stereocenters. The van der Waals surface area contributed by atoms with Crippen molar-refractivity contribution in [1.29, 1.82) is 0 Å². The third-order valence-electron chi connectivity index (χ3n) is 2.94. The van der Waals surface area contributed by atoms with Gasteiger partial charge in [0.05, 0.1) is 12.6 Å². The Hall–Kier alpha value is -1.16. The second kappa shape index (κ2) is 4.57. The van der Waals surface area contributed by atoms with E-state index in [1.165, 1.54) is 0 Å². The number of aliphatic hydroxyl groups is 1. The molecule has 0 spiro atoms. The minimum Gasteiger partial charge on any atom is -0.394 e. The van der Waals surface area contributed by atoms with E-state index in [1.54, 1.807) is 0 Å². The number of aryl methyl sites for hydroxylation is 1. The molecule has 1 fully saturated rings. The lowest BCUT2D eigenvalue weighted by Gasteiger charge is -2.22. The summed E-state index contributed by atoms with van der Waals surface area (Å²) in [6, 6.07) is 0.206. The Bertz CT molecular complexity index is 312. The molecule has 0 unspecified atom stereocenters. The molecule has 0 aliphatic carbocycles. The lowest BCUT2D eigenvalue weighted by atomic mass is 10.2. The van der Waals surface area contributed by atoms with Crippen LogP contribution in [0.1, 0.15) is 25.3 Å². The highest BCUT2D eigenvalue weighted by molar-refractivity contribution is 5.33. The lowest BCUT2D eigenvalue weighted by molar-refractivity contribution is 0.265. The van der Waals surface area contributed by atoms with Crippen molar-refractivity contribution in [3.63, 3.8) is 0 Å². The third-order valence-corrected chi connectivity index (χ3v) is 2.94. The van der Waals surface area contributed by atoms with Gasteiger partial charge in [0, 0.05) is 18.9 Å². The summed E-state index contributed by atoms with van der Waals surface area (Å²) in [5.41, 5.74) is 1.15. The zero-order chi connectivity index (χ0) is 10.7. The number of anilines is 1. The maximum atomic E-state index is 9.20. The number of nitrogens with zero attached hydrogens (tertiary/aromatic N) is 3. The van der Waals surface area contributed by atoms with Crippen LogP contribution in [0.3, 0.4) is 0 Å². The summed E-state index contributed by atoms with van der Waals surface area (Å²) in [6.45, 7) is 3.24. The first-order chi connectivity index (χ1) is 7.35. The first kappa shape index (κ1) is 10.4. The molecule has 1 saturated heterocycles. The molecule has 0 radical (unpaired) electrons. The Morgan fingerprint density at radius 1 is 1.47 bits per heavy atom. The van der Waals surface area contributed by atoms with Gasteiger partial charge in [0.25, 0.3) is 0 Å². The zero-order valence-corrected chi connectivity index (χ0v) is 9.06. The largest absolute Gasteiger partial charge is 0.394 e. The first-order valence-electron chi connectivity index (χ1n) is 5.53. The van der Waals surface area contributed by atoms with E-state index in [2.05, 4.69) is 21.8 Å². The summed E-state index contributed by atoms with van der Waals surface area (Å²) in [5, 5.41) is 9.20. The molecule has 0 aromatic carbocycles. The van der Waals surface area contributed by atoms with Crippen molar-refractivity contribution >= 4 is 5.95 Å². The summed E-state index contributed by atoms with van der Waals surface area (Å²) < 4.78 is 0. The van der Waals surface area contributed by atoms with Crippen molar-refractivity contribution in [1.82, 2.24) is 9.97 Å². The average molecular weight is 207 g/mol. The van der Waals surface area contributed by atoms with Crippen molar-refractivity contribution in [3.05, 3.63) is 18.0 Å². The Labute approximate surface area is 90.0 Å². The summed E-state index contributed by atoms with van der Waals surface area (Å²) in [7, 11) is 0. The Kier molecular flexibility index (Phi) is 3.16. The highest BCUT2D eigenvalue weighted by atomic mass is 16.3. The summed E-state index contributed by atoms with van der Waals surface area (Å²) >= 11 is 0. The molecule has 15 heavy (non-hydrogen) atoms. The van der Waals surface area contributed by atoms with Gasteiger partial charge in [0.2, 0.25) is 5.95 Å². The molecule has 4 nitrogen and oxygen atoms in total. The summed E-state index contributed by atoms with van der Waals surface area (Å²) in [6.07, 6.45) is 6.85. The fourth-order valence-electron chi connectivity index (χ4n) is 1.97. The van der Waals surface area contributed by atoms with Gasteiger partial charge in [-0.15, -0.1) is 0 Å². The second-order valence-corrected chi connectivity index (χ2v) is 3.92. The van der Waals surface area contributed by atoms with E-state index in [0.29, 0.717) is 0 Å². The Morgan fingerprint density at radius 3 is 2.80 bits per heavy atom. The van der Waals surface area contributed by atoms with E-state index in [1.807, 2.05) is 12.4 Å².